The van der Waals surface area contributed by atoms with Gasteiger partial charge in [-0.25, -0.2) is 4.98 Å². The van der Waals surface area contributed by atoms with Gasteiger partial charge >= 0.3 is 0 Å². The van der Waals surface area contributed by atoms with Crippen molar-refractivity contribution in [2.24, 2.45) is 0 Å². The minimum Gasteiger partial charge on any atom is -0.373 e. The van der Waals surface area contributed by atoms with Crippen molar-refractivity contribution >= 4 is 28.7 Å². The Kier molecular flexibility index (Phi) is 4.74. The highest BCUT2D eigenvalue weighted by Gasteiger charge is 2.17. The SMILES string of the molecule is CNc1cc([N+](=O)[O-])cc(N(C)C(C)Cc2cccs2)n1. The molecule has 1 atom stereocenters. The Morgan fingerprint density at radius 1 is 1.52 bits per heavy atom. The molecule has 0 aromatic carbocycles. The maximum Gasteiger partial charge on any atom is 0.276 e. The smallest absolute Gasteiger partial charge is 0.276 e. The number of nitrogens with zero attached hydrogens (tertiary/aromatic N) is 3. The van der Waals surface area contributed by atoms with E-state index in [1.54, 1.807) is 18.4 Å². The number of aromatic nitrogens is 1. The second-order valence-electron chi connectivity index (χ2n) is 4.82. The third-order valence-corrected chi connectivity index (χ3v) is 4.26. The number of rotatable bonds is 6. The maximum absolute atomic E-state index is 11.0. The van der Waals surface area contributed by atoms with E-state index in [4.69, 9.17) is 0 Å². The molecule has 0 fully saturated rings. The van der Waals surface area contributed by atoms with E-state index in [1.165, 1.54) is 17.0 Å². The molecule has 0 aliphatic rings. The summed E-state index contributed by atoms with van der Waals surface area (Å²) in [5.74, 6) is 1.09. The quantitative estimate of drug-likeness (QED) is 0.655. The fourth-order valence-corrected chi connectivity index (χ4v) is 2.83. The predicted octanol–water partition coefficient (Wildman–Crippen LogP) is 3.16. The van der Waals surface area contributed by atoms with Crippen LogP contribution in [0.5, 0.6) is 0 Å². The van der Waals surface area contributed by atoms with Crippen molar-refractivity contribution in [1.29, 1.82) is 0 Å². The van der Waals surface area contributed by atoms with Crippen LogP contribution >= 0.6 is 11.3 Å². The van der Waals surface area contributed by atoms with E-state index in [0.717, 1.165) is 6.42 Å². The lowest BCUT2D eigenvalue weighted by Crippen LogP contribution is -2.31. The largest absolute Gasteiger partial charge is 0.373 e. The molecule has 2 aromatic heterocycles. The van der Waals surface area contributed by atoms with Crippen LogP contribution < -0.4 is 10.2 Å². The van der Waals surface area contributed by atoms with Gasteiger partial charge in [-0.15, -0.1) is 11.3 Å². The van der Waals surface area contributed by atoms with E-state index in [1.807, 2.05) is 23.4 Å². The molecular weight excluding hydrogens is 288 g/mol. The molecule has 2 aromatic rings. The van der Waals surface area contributed by atoms with Gasteiger partial charge in [-0.3, -0.25) is 10.1 Å². The lowest BCUT2D eigenvalue weighted by atomic mass is 10.2. The Labute approximate surface area is 127 Å². The van der Waals surface area contributed by atoms with E-state index in [9.17, 15) is 10.1 Å². The minimum atomic E-state index is -0.399. The van der Waals surface area contributed by atoms with Crippen molar-refractivity contribution in [3.8, 4) is 0 Å². The van der Waals surface area contributed by atoms with E-state index in [-0.39, 0.29) is 11.7 Å². The maximum atomic E-state index is 11.0. The number of nitrogens with one attached hydrogen (secondary N) is 1. The Hall–Kier alpha value is -2.15. The number of pyridine rings is 1. The first kappa shape index (κ1) is 15.2. The van der Waals surface area contributed by atoms with Gasteiger partial charge in [0.2, 0.25) is 0 Å². The molecular formula is C14H18N4O2S. The van der Waals surface area contributed by atoms with Crippen LogP contribution in [0.3, 0.4) is 0 Å². The molecule has 2 rings (SSSR count). The van der Waals surface area contributed by atoms with E-state index < -0.39 is 4.92 Å². The van der Waals surface area contributed by atoms with Gasteiger partial charge < -0.3 is 10.2 Å². The topological polar surface area (TPSA) is 71.3 Å². The third-order valence-electron chi connectivity index (χ3n) is 3.36. The molecule has 1 N–H and O–H groups in total. The third kappa shape index (κ3) is 3.69. The van der Waals surface area contributed by atoms with E-state index >= 15 is 0 Å². The summed E-state index contributed by atoms with van der Waals surface area (Å²) in [5, 5.41) is 15.9. The van der Waals surface area contributed by atoms with Crippen LogP contribution in [-0.2, 0) is 6.42 Å². The summed E-state index contributed by atoms with van der Waals surface area (Å²) in [7, 11) is 3.61. The van der Waals surface area contributed by atoms with Crippen molar-refractivity contribution < 1.29 is 4.92 Å². The van der Waals surface area contributed by atoms with Gasteiger partial charge in [-0.2, -0.15) is 0 Å². The summed E-state index contributed by atoms with van der Waals surface area (Å²) in [6, 6.07) is 7.25. The molecule has 0 spiro atoms. The number of anilines is 2. The number of likely N-dealkylation sites (N-methyl/N-ethyl adjacent to an activating group) is 1. The Balaban J connectivity index is 2.22. The summed E-state index contributed by atoms with van der Waals surface area (Å²) in [6.45, 7) is 2.08. The molecule has 2 heterocycles. The zero-order valence-corrected chi connectivity index (χ0v) is 13.1. The average Bonchev–Trinajstić information content (AvgIpc) is 2.98. The second kappa shape index (κ2) is 6.53. The molecule has 21 heavy (non-hydrogen) atoms. The summed E-state index contributed by atoms with van der Waals surface area (Å²) in [4.78, 5) is 18.3. The summed E-state index contributed by atoms with van der Waals surface area (Å²) >= 11 is 1.71. The standard InChI is InChI=1S/C14H18N4O2S/c1-10(7-12-5-4-6-21-12)17(3)14-9-11(18(19)20)8-13(15-2)16-14/h4-6,8-10H,7H2,1-3H3,(H,15,16). The summed E-state index contributed by atoms with van der Waals surface area (Å²) in [6.07, 6.45) is 0.882. The minimum absolute atomic E-state index is 0.0412. The van der Waals surface area contributed by atoms with Crippen LogP contribution in [0.15, 0.2) is 29.6 Å². The average molecular weight is 306 g/mol. The molecule has 0 aliphatic carbocycles. The Bertz CT molecular complexity index is 615. The van der Waals surface area contributed by atoms with Crippen LogP contribution in [0.1, 0.15) is 11.8 Å². The fraction of sp³-hybridized carbons (Fsp3) is 0.357. The molecule has 7 heteroatoms. The van der Waals surface area contributed by atoms with Crippen LogP contribution in [0.25, 0.3) is 0 Å². The summed E-state index contributed by atoms with van der Waals surface area (Å²) in [5.41, 5.74) is 0.0412. The highest BCUT2D eigenvalue weighted by Crippen LogP contribution is 2.24. The van der Waals surface area contributed by atoms with Crippen molar-refractivity contribution in [1.82, 2.24) is 4.98 Å². The van der Waals surface area contributed by atoms with Gasteiger partial charge in [0, 0.05) is 31.4 Å². The summed E-state index contributed by atoms with van der Waals surface area (Å²) < 4.78 is 0. The van der Waals surface area contributed by atoms with Crippen molar-refractivity contribution in [2.75, 3.05) is 24.3 Å². The first-order chi connectivity index (χ1) is 10.0. The molecule has 6 nitrogen and oxygen atoms in total. The Morgan fingerprint density at radius 3 is 2.86 bits per heavy atom. The van der Waals surface area contributed by atoms with Crippen LogP contribution in [0.4, 0.5) is 17.3 Å². The van der Waals surface area contributed by atoms with Crippen LogP contribution in [-0.4, -0.2) is 30.0 Å². The predicted molar refractivity (Wildman–Crippen MR) is 86.3 cm³/mol. The zero-order valence-electron chi connectivity index (χ0n) is 12.2. The number of hydrogen-bond donors (Lipinski definition) is 1. The van der Waals surface area contributed by atoms with Crippen LogP contribution in [0, 0.1) is 10.1 Å². The first-order valence-electron chi connectivity index (χ1n) is 6.60. The van der Waals surface area contributed by atoms with Crippen molar-refractivity contribution in [3.63, 3.8) is 0 Å². The Morgan fingerprint density at radius 2 is 2.29 bits per heavy atom. The normalized spacial score (nSPS) is 12.0. The molecule has 0 saturated carbocycles. The van der Waals surface area contributed by atoms with Gasteiger partial charge in [0.15, 0.2) is 0 Å². The van der Waals surface area contributed by atoms with Gasteiger partial charge in [-0.05, 0) is 18.4 Å². The number of thiophene rings is 1. The van der Waals surface area contributed by atoms with Gasteiger partial charge in [0.25, 0.3) is 5.69 Å². The van der Waals surface area contributed by atoms with Crippen LogP contribution in [0.2, 0.25) is 0 Å². The second-order valence-corrected chi connectivity index (χ2v) is 5.85. The van der Waals surface area contributed by atoms with Gasteiger partial charge in [0.1, 0.15) is 11.6 Å². The molecule has 0 bridgehead atoms. The molecule has 0 radical (unpaired) electrons. The van der Waals surface area contributed by atoms with E-state index in [2.05, 4.69) is 23.3 Å². The highest BCUT2D eigenvalue weighted by molar-refractivity contribution is 7.09. The van der Waals surface area contributed by atoms with Crippen molar-refractivity contribution in [3.05, 3.63) is 44.6 Å². The number of nitro groups is 1. The molecule has 112 valence electrons. The molecule has 0 amide bonds. The van der Waals surface area contributed by atoms with Crippen molar-refractivity contribution in [2.45, 2.75) is 19.4 Å². The molecule has 1 unspecified atom stereocenters. The molecule has 0 aliphatic heterocycles. The highest BCUT2D eigenvalue weighted by atomic mass is 32.1. The van der Waals surface area contributed by atoms with Gasteiger partial charge in [0.05, 0.1) is 17.1 Å². The van der Waals surface area contributed by atoms with Gasteiger partial charge in [-0.1, -0.05) is 6.07 Å². The number of hydrogen-bond acceptors (Lipinski definition) is 6. The monoisotopic (exact) mass is 306 g/mol. The lowest BCUT2D eigenvalue weighted by molar-refractivity contribution is -0.384. The first-order valence-corrected chi connectivity index (χ1v) is 7.48. The fourth-order valence-electron chi connectivity index (χ4n) is 2.00. The lowest BCUT2D eigenvalue weighted by Gasteiger charge is -2.25. The zero-order chi connectivity index (χ0) is 15.4. The van der Waals surface area contributed by atoms with E-state index in [0.29, 0.717) is 11.6 Å². The molecule has 0 saturated heterocycles.